The van der Waals surface area contributed by atoms with Crippen molar-refractivity contribution in [2.45, 2.75) is 52.7 Å². The third-order valence-electron chi connectivity index (χ3n) is 3.45. The van der Waals surface area contributed by atoms with Crippen LogP contribution in [-0.4, -0.2) is 28.5 Å². The van der Waals surface area contributed by atoms with Gasteiger partial charge in [-0.2, -0.15) is 0 Å². The minimum atomic E-state index is -0.639. The molecule has 1 aliphatic rings. The second kappa shape index (κ2) is 5.12. The monoisotopic (exact) mass is 253 g/mol. The van der Waals surface area contributed by atoms with Gasteiger partial charge in [0.25, 0.3) is 0 Å². The molecule has 1 rings (SSSR count). The second-order valence-electron chi connectivity index (χ2n) is 5.62. The molecule has 0 radical (unpaired) electrons. The first-order chi connectivity index (χ1) is 8.26. The molecule has 0 spiro atoms. The normalized spacial score (nSPS) is 24.0. The summed E-state index contributed by atoms with van der Waals surface area (Å²) in [5.74, 6) is -0.382. The molecule has 1 unspecified atom stereocenters. The molecular formula is C14H23NO3. The summed E-state index contributed by atoms with van der Waals surface area (Å²) in [5.41, 5.74) is -0.639. The van der Waals surface area contributed by atoms with Crippen LogP contribution in [0.4, 0.5) is 4.79 Å². The number of cyclic esters (lactones) is 1. The van der Waals surface area contributed by atoms with E-state index in [1.807, 2.05) is 34.6 Å². The predicted molar refractivity (Wildman–Crippen MR) is 70.0 cm³/mol. The molecule has 0 aromatic rings. The van der Waals surface area contributed by atoms with E-state index in [0.29, 0.717) is 6.42 Å². The van der Waals surface area contributed by atoms with Gasteiger partial charge in [-0.3, -0.25) is 4.79 Å². The van der Waals surface area contributed by atoms with E-state index in [0.717, 1.165) is 0 Å². The summed E-state index contributed by atoms with van der Waals surface area (Å²) in [5, 5.41) is 0. The van der Waals surface area contributed by atoms with Crippen LogP contribution in [-0.2, 0) is 9.53 Å². The van der Waals surface area contributed by atoms with E-state index >= 15 is 0 Å². The molecule has 0 saturated carbocycles. The minimum absolute atomic E-state index is 0.151. The fourth-order valence-corrected chi connectivity index (χ4v) is 2.71. The third kappa shape index (κ3) is 2.42. The standard InChI is InChI=1S/C14H23NO3/c1-7-10(8-2)12(16)15-11(9(3)4)14(5,6)18-13(15)17/h7,9-11H,1,8H2,2-6H3/t10?,11-/m1/s1. The minimum Gasteiger partial charge on any atom is -0.441 e. The van der Waals surface area contributed by atoms with Crippen LogP contribution in [0.25, 0.3) is 0 Å². The number of rotatable bonds is 4. The van der Waals surface area contributed by atoms with Gasteiger partial charge in [-0.05, 0) is 26.2 Å². The summed E-state index contributed by atoms with van der Waals surface area (Å²) < 4.78 is 5.33. The highest BCUT2D eigenvalue weighted by Gasteiger charge is 2.52. The van der Waals surface area contributed by atoms with E-state index in [1.54, 1.807) is 6.08 Å². The van der Waals surface area contributed by atoms with Crippen LogP contribution in [0.5, 0.6) is 0 Å². The highest BCUT2D eigenvalue weighted by Crippen LogP contribution is 2.35. The van der Waals surface area contributed by atoms with E-state index in [-0.39, 0.29) is 23.8 Å². The van der Waals surface area contributed by atoms with Crippen LogP contribution in [0, 0.1) is 11.8 Å². The molecule has 0 N–H and O–H groups in total. The van der Waals surface area contributed by atoms with Crippen molar-refractivity contribution in [2.24, 2.45) is 11.8 Å². The van der Waals surface area contributed by atoms with Gasteiger partial charge in [-0.1, -0.05) is 26.8 Å². The summed E-state index contributed by atoms with van der Waals surface area (Å²) in [6, 6.07) is -0.230. The first-order valence-corrected chi connectivity index (χ1v) is 6.44. The fraction of sp³-hybridized carbons (Fsp3) is 0.714. The van der Waals surface area contributed by atoms with Crippen LogP contribution >= 0.6 is 0 Å². The van der Waals surface area contributed by atoms with Crippen molar-refractivity contribution < 1.29 is 14.3 Å². The smallest absolute Gasteiger partial charge is 0.417 e. The molecule has 1 saturated heterocycles. The highest BCUT2D eigenvalue weighted by atomic mass is 16.6. The molecule has 2 amide bonds. The molecule has 0 bridgehead atoms. The molecule has 0 aliphatic carbocycles. The van der Waals surface area contributed by atoms with Gasteiger partial charge in [0.15, 0.2) is 0 Å². The van der Waals surface area contributed by atoms with Crippen molar-refractivity contribution in [1.29, 1.82) is 0 Å². The molecular weight excluding hydrogens is 230 g/mol. The molecule has 2 atom stereocenters. The molecule has 1 fully saturated rings. The predicted octanol–water partition coefficient (Wildman–Crippen LogP) is 2.98. The van der Waals surface area contributed by atoms with E-state index in [9.17, 15) is 9.59 Å². The first-order valence-electron chi connectivity index (χ1n) is 6.44. The van der Waals surface area contributed by atoms with E-state index in [1.165, 1.54) is 4.90 Å². The van der Waals surface area contributed by atoms with Crippen molar-refractivity contribution in [1.82, 2.24) is 4.90 Å². The van der Waals surface area contributed by atoms with Crippen LogP contribution in [0.3, 0.4) is 0 Å². The van der Waals surface area contributed by atoms with Crippen LogP contribution in [0.1, 0.15) is 41.0 Å². The van der Waals surface area contributed by atoms with Gasteiger partial charge in [0.1, 0.15) is 5.60 Å². The Morgan fingerprint density at radius 2 is 2.11 bits per heavy atom. The Balaban J connectivity index is 3.09. The SMILES string of the molecule is C=CC(CC)C(=O)N1C(=O)OC(C)(C)[C@H]1C(C)C. The summed E-state index contributed by atoms with van der Waals surface area (Å²) in [6.45, 7) is 13.2. The number of ether oxygens (including phenoxy) is 1. The largest absolute Gasteiger partial charge is 0.441 e. The Kier molecular flexibility index (Phi) is 4.20. The molecule has 0 aromatic heterocycles. The summed E-state index contributed by atoms with van der Waals surface area (Å²) in [7, 11) is 0. The number of carbonyl (C=O) groups is 2. The molecule has 0 aromatic carbocycles. The third-order valence-corrected chi connectivity index (χ3v) is 3.45. The number of imide groups is 1. The van der Waals surface area contributed by atoms with Crippen molar-refractivity contribution >= 4 is 12.0 Å². The molecule has 102 valence electrons. The lowest BCUT2D eigenvalue weighted by molar-refractivity contribution is -0.133. The van der Waals surface area contributed by atoms with Crippen molar-refractivity contribution in [2.75, 3.05) is 0 Å². The lowest BCUT2D eigenvalue weighted by Crippen LogP contribution is -2.49. The van der Waals surface area contributed by atoms with Gasteiger partial charge >= 0.3 is 6.09 Å². The Labute approximate surface area is 109 Å². The summed E-state index contributed by atoms with van der Waals surface area (Å²) >= 11 is 0. The van der Waals surface area contributed by atoms with E-state index < -0.39 is 11.7 Å². The molecule has 1 aliphatic heterocycles. The van der Waals surface area contributed by atoms with Gasteiger partial charge in [-0.15, -0.1) is 6.58 Å². The van der Waals surface area contributed by atoms with Gasteiger partial charge in [0.2, 0.25) is 5.91 Å². The van der Waals surface area contributed by atoms with Crippen LogP contribution < -0.4 is 0 Å². The van der Waals surface area contributed by atoms with E-state index in [2.05, 4.69) is 6.58 Å². The number of carbonyl (C=O) groups excluding carboxylic acids is 2. The second-order valence-corrected chi connectivity index (χ2v) is 5.62. The highest BCUT2D eigenvalue weighted by molar-refractivity contribution is 5.96. The fourth-order valence-electron chi connectivity index (χ4n) is 2.71. The van der Waals surface area contributed by atoms with Gasteiger partial charge in [0.05, 0.1) is 12.0 Å². The van der Waals surface area contributed by atoms with Crippen LogP contribution in [0.2, 0.25) is 0 Å². The number of nitrogens with zero attached hydrogens (tertiary/aromatic N) is 1. The number of amides is 2. The topological polar surface area (TPSA) is 46.6 Å². The van der Waals surface area contributed by atoms with E-state index in [4.69, 9.17) is 4.74 Å². The molecule has 1 heterocycles. The quantitative estimate of drug-likeness (QED) is 0.724. The van der Waals surface area contributed by atoms with Gasteiger partial charge in [-0.25, -0.2) is 9.69 Å². The number of hydrogen-bond donors (Lipinski definition) is 0. The summed E-state index contributed by atoms with van der Waals surface area (Å²) in [4.78, 5) is 25.6. The molecule has 18 heavy (non-hydrogen) atoms. The Bertz CT molecular complexity index is 360. The number of hydrogen-bond acceptors (Lipinski definition) is 3. The van der Waals surface area contributed by atoms with Crippen molar-refractivity contribution in [3.8, 4) is 0 Å². The maximum absolute atomic E-state index is 12.4. The summed E-state index contributed by atoms with van der Waals surface area (Å²) in [6.07, 6.45) is 1.69. The average Bonchev–Trinajstić information content (AvgIpc) is 2.49. The lowest BCUT2D eigenvalue weighted by Gasteiger charge is -2.32. The maximum atomic E-state index is 12.4. The van der Waals surface area contributed by atoms with Gasteiger partial charge in [0, 0.05) is 0 Å². The Morgan fingerprint density at radius 3 is 2.50 bits per heavy atom. The molecule has 4 heteroatoms. The zero-order valence-corrected chi connectivity index (χ0v) is 11.9. The maximum Gasteiger partial charge on any atom is 0.417 e. The average molecular weight is 253 g/mol. The zero-order valence-electron chi connectivity index (χ0n) is 11.9. The van der Waals surface area contributed by atoms with Crippen molar-refractivity contribution in [3.63, 3.8) is 0 Å². The van der Waals surface area contributed by atoms with Crippen LogP contribution in [0.15, 0.2) is 12.7 Å². The zero-order chi connectivity index (χ0) is 14.1. The van der Waals surface area contributed by atoms with Crippen molar-refractivity contribution in [3.05, 3.63) is 12.7 Å². The first kappa shape index (κ1) is 14.7. The lowest BCUT2D eigenvalue weighted by atomic mass is 9.88. The molecule has 4 nitrogen and oxygen atoms in total. The Morgan fingerprint density at radius 1 is 1.56 bits per heavy atom. The van der Waals surface area contributed by atoms with Gasteiger partial charge < -0.3 is 4.74 Å². The Hall–Kier alpha value is -1.32.